The molecule has 0 spiro atoms. The number of carbonyl (C=O) groups is 1. The first-order valence-corrected chi connectivity index (χ1v) is 9.40. The Labute approximate surface area is 176 Å². The smallest absolute Gasteiger partial charge is 0.269 e. The number of nitro groups is 1. The summed E-state index contributed by atoms with van der Waals surface area (Å²) in [5, 5.41) is 11.4. The van der Waals surface area contributed by atoms with Crippen molar-refractivity contribution < 1.29 is 14.1 Å². The van der Waals surface area contributed by atoms with Crippen LogP contribution in [0.5, 0.6) is 0 Å². The normalized spacial score (nSPS) is 11.1. The Morgan fingerprint density at radius 2 is 1.77 bits per heavy atom. The lowest BCUT2D eigenvalue weighted by Gasteiger charge is -2.06. The van der Waals surface area contributed by atoms with E-state index in [-0.39, 0.29) is 17.2 Å². The second kappa shape index (κ2) is 8.23. The van der Waals surface area contributed by atoms with E-state index >= 15 is 0 Å². The molecule has 2 aromatic heterocycles. The summed E-state index contributed by atoms with van der Waals surface area (Å²) in [6, 6.07) is 20.4. The summed E-state index contributed by atoms with van der Waals surface area (Å²) in [4.78, 5) is 22.9. The molecule has 0 N–H and O–H groups in total. The minimum absolute atomic E-state index is 0.0188. The maximum atomic E-state index is 12.5. The van der Waals surface area contributed by atoms with Crippen LogP contribution >= 0.6 is 11.6 Å². The van der Waals surface area contributed by atoms with Crippen LogP contribution in [0.2, 0.25) is 5.02 Å². The number of halogens is 1. The number of nitro benzene ring substituents is 1. The van der Waals surface area contributed by atoms with Crippen molar-refractivity contribution in [1.29, 1.82) is 0 Å². The Balaban J connectivity index is 1.54. The number of aromatic nitrogens is 1. The van der Waals surface area contributed by atoms with Crippen LogP contribution in [0.25, 0.3) is 23.1 Å². The van der Waals surface area contributed by atoms with Gasteiger partial charge in [-0.1, -0.05) is 23.7 Å². The number of carbonyl (C=O) groups excluding carboxylic acids is 1. The maximum Gasteiger partial charge on any atom is 0.269 e. The second-order valence-electron chi connectivity index (χ2n) is 6.42. The van der Waals surface area contributed by atoms with Gasteiger partial charge in [-0.15, -0.1) is 0 Å². The molecule has 6 nitrogen and oxygen atoms in total. The largest absolute Gasteiger partial charge is 0.453 e. The van der Waals surface area contributed by atoms with Crippen molar-refractivity contribution in [3.63, 3.8) is 0 Å². The van der Waals surface area contributed by atoms with E-state index in [0.29, 0.717) is 16.3 Å². The highest BCUT2D eigenvalue weighted by Gasteiger charge is 2.12. The van der Waals surface area contributed by atoms with Crippen molar-refractivity contribution in [2.45, 2.75) is 0 Å². The number of rotatable bonds is 6. The number of nitrogens with zero attached hydrogens (tertiary/aromatic N) is 2. The Hall–Kier alpha value is -3.90. The molecular weight excluding hydrogens is 404 g/mol. The SMILES string of the molecule is O=C(C=Cc1cccn1-c1ccc([N+](=O)[O-])cc1)c1ccc(-c2ccccc2Cl)o1. The molecule has 4 rings (SSSR count). The molecular formula is C23H15ClN2O4. The summed E-state index contributed by atoms with van der Waals surface area (Å²) in [5.41, 5.74) is 2.23. The van der Waals surface area contributed by atoms with Gasteiger partial charge in [-0.05, 0) is 60.7 Å². The van der Waals surface area contributed by atoms with E-state index in [1.54, 1.807) is 36.4 Å². The van der Waals surface area contributed by atoms with Gasteiger partial charge in [0.15, 0.2) is 5.76 Å². The molecule has 0 bridgehead atoms. The summed E-state index contributed by atoms with van der Waals surface area (Å²) in [5.74, 6) is 0.436. The quantitative estimate of drug-likeness (QED) is 0.162. The fraction of sp³-hybridized carbons (Fsp3) is 0. The number of hydrogen-bond donors (Lipinski definition) is 0. The minimum atomic E-state index is -0.445. The third kappa shape index (κ3) is 3.94. The standard InChI is InChI=1S/C23H15ClN2O4/c24-20-6-2-1-5-19(20)22-13-14-23(30-22)21(27)12-11-16-4-3-15-25(16)17-7-9-18(10-8-17)26(28)29/h1-15H. The van der Waals surface area contributed by atoms with E-state index in [4.69, 9.17) is 16.0 Å². The van der Waals surface area contributed by atoms with Crippen molar-refractivity contribution in [2.75, 3.05) is 0 Å². The predicted octanol–water partition coefficient (Wildman–Crippen LogP) is 6.20. The van der Waals surface area contributed by atoms with Gasteiger partial charge in [-0.3, -0.25) is 14.9 Å². The number of hydrogen-bond acceptors (Lipinski definition) is 4. The van der Waals surface area contributed by atoms with Gasteiger partial charge in [0, 0.05) is 35.3 Å². The molecule has 7 heteroatoms. The third-order valence-electron chi connectivity index (χ3n) is 4.51. The minimum Gasteiger partial charge on any atom is -0.453 e. The zero-order chi connectivity index (χ0) is 21.1. The first-order valence-electron chi connectivity index (χ1n) is 9.02. The first kappa shape index (κ1) is 19.4. The monoisotopic (exact) mass is 418 g/mol. The molecule has 0 fully saturated rings. The molecule has 30 heavy (non-hydrogen) atoms. The molecule has 0 aliphatic carbocycles. The van der Waals surface area contributed by atoms with Gasteiger partial charge in [0.2, 0.25) is 5.78 Å². The van der Waals surface area contributed by atoms with Crippen LogP contribution in [-0.2, 0) is 0 Å². The van der Waals surface area contributed by atoms with Crippen LogP contribution < -0.4 is 0 Å². The van der Waals surface area contributed by atoms with Crippen molar-refractivity contribution in [3.8, 4) is 17.0 Å². The summed E-state index contributed by atoms with van der Waals surface area (Å²) in [6.07, 6.45) is 4.90. The molecule has 0 saturated carbocycles. The molecule has 2 heterocycles. The highest BCUT2D eigenvalue weighted by atomic mass is 35.5. The van der Waals surface area contributed by atoms with Crippen LogP contribution in [0.4, 0.5) is 5.69 Å². The van der Waals surface area contributed by atoms with Gasteiger partial charge in [-0.2, -0.15) is 0 Å². The zero-order valence-electron chi connectivity index (χ0n) is 15.6. The average Bonchev–Trinajstić information content (AvgIpc) is 3.42. The molecule has 2 aromatic carbocycles. The zero-order valence-corrected chi connectivity index (χ0v) is 16.3. The number of benzene rings is 2. The van der Waals surface area contributed by atoms with E-state index in [1.165, 1.54) is 18.2 Å². The number of allylic oxidation sites excluding steroid dienone is 1. The molecule has 0 saturated heterocycles. The molecule has 0 aliphatic rings. The maximum absolute atomic E-state index is 12.5. The molecule has 0 amide bonds. The van der Waals surface area contributed by atoms with Gasteiger partial charge in [0.1, 0.15) is 5.76 Å². The van der Waals surface area contributed by atoms with Crippen LogP contribution in [0.3, 0.4) is 0 Å². The highest BCUT2D eigenvalue weighted by molar-refractivity contribution is 6.33. The number of non-ortho nitro benzene ring substituents is 1. The molecule has 0 unspecified atom stereocenters. The van der Waals surface area contributed by atoms with Gasteiger partial charge in [0.05, 0.1) is 9.95 Å². The van der Waals surface area contributed by atoms with E-state index in [9.17, 15) is 14.9 Å². The summed E-state index contributed by atoms with van der Waals surface area (Å²) >= 11 is 6.18. The molecule has 0 aliphatic heterocycles. The van der Waals surface area contributed by atoms with Gasteiger partial charge < -0.3 is 8.98 Å². The van der Waals surface area contributed by atoms with Gasteiger partial charge in [0.25, 0.3) is 5.69 Å². The summed E-state index contributed by atoms with van der Waals surface area (Å²) in [6.45, 7) is 0. The fourth-order valence-corrected chi connectivity index (χ4v) is 3.25. The molecule has 0 radical (unpaired) electrons. The van der Waals surface area contributed by atoms with Gasteiger partial charge >= 0.3 is 0 Å². The lowest BCUT2D eigenvalue weighted by Crippen LogP contribution is -1.96. The van der Waals surface area contributed by atoms with E-state index in [0.717, 1.165) is 11.4 Å². The summed E-state index contributed by atoms with van der Waals surface area (Å²) < 4.78 is 7.50. The van der Waals surface area contributed by atoms with Crippen LogP contribution in [0.15, 0.2) is 89.5 Å². The first-order chi connectivity index (χ1) is 14.5. The molecule has 4 aromatic rings. The average molecular weight is 419 g/mol. The van der Waals surface area contributed by atoms with Crippen molar-refractivity contribution >= 4 is 29.1 Å². The Morgan fingerprint density at radius 1 is 1.00 bits per heavy atom. The summed E-state index contributed by atoms with van der Waals surface area (Å²) in [7, 11) is 0. The number of furan rings is 1. The fourth-order valence-electron chi connectivity index (χ4n) is 3.02. The highest BCUT2D eigenvalue weighted by Crippen LogP contribution is 2.29. The predicted molar refractivity (Wildman–Crippen MR) is 115 cm³/mol. The van der Waals surface area contributed by atoms with E-state index in [2.05, 4.69) is 0 Å². The van der Waals surface area contributed by atoms with E-state index < -0.39 is 4.92 Å². The lowest BCUT2D eigenvalue weighted by atomic mass is 10.2. The van der Waals surface area contributed by atoms with Gasteiger partial charge in [-0.25, -0.2) is 0 Å². The lowest BCUT2D eigenvalue weighted by molar-refractivity contribution is -0.384. The Morgan fingerprint density at radius 3 is 2.50 bits per heavy atom. The Kier molecular flexibility index (Phi) is 5.32. The van der Waals surface area contributed by atoms with Crippen molar-refractivity contribution in [1.82, 2.24) is 4.57 Å². The Bertz CT molecular complexity index is 1250. The second-order valence-corrected chi connectivity index (χ2v) is 6.83. The van der Waals surface area contributed by atoms with Crippen LogP contribution in [0.1, 0.15) is 16.2 Å². The molecule has 148 valence electrons. The third-order valence-corrected chi connectivity index (χ3v) is 4.84. The van der Waals surface area contributed by atoms with Crippen LogP contribution in [0, 0.1) is 10.1 Å². The topological polar surface area (TPSA) is 78.3 Å². The molecule has 0 atom stereocenters. The van der Waals surface area contributed by atoms with E-state index in [1.807, 2.05) is 41.1 Å². The van der Waals surface area contributed by atoms with Crippen molar-refractivity contribution in [3.05, 3.63) is 112 Å². The van der Waals surface area contributed by atoms with Crippen LogP contribution in [-0.4, -0.2) is 15.3 Å². The number of ketones is 1. The van der Waals surface area contributed by atoms with Crippen molar-refractivity contribution in [2.24, 2.45) is 0 Å².